The van der Waals surface area contributed by atoms with Crippen molar-refractivity contribution >= 4 is 16.2 Å². The summed E-state index contributed by atoms with van der Waals surface area (Å²) in [5.41, 5.74) is -0.312. The first kappa shape index (κ1) is 9.51. The molecule has 4 nitrogen and oxygen atoms in total. The molecule has 1 heterocycles. The van der Waals surface area contributed by atoms with Crippen molar-refractivity contribution in [3.8, 4) is 0 Å². The molecule has 0 saturated carbocycles. The van der Waals surface area contributed by atoms with E-state index in [9.17, 15) is 13.2 Å². The van der Waals surface area contributed by atoms with E-state index in [0.717, 1.165) is 0 Å². The van der Waals surface area contributed by atoms with E-state index in [1.165, 1.54) is 0 Å². The first-order chi connectivity index (χ1) is 5.47. The number of nitrogens with one attached hydrogen (secondary N) is 1. The fourth-order valence-electron chi connectivity index (χ4n) is 1.28. The van der Waals surface area contributed by atoms with E-state index in [2.05, 4.69) is 5.32 Å². The van der Waals surface area contributed by atoms with E-state index in [1.54, 1.807) is 0 Å². The van der Waals surface area contributed by atoms with E-state index >= 15 is 0 Å². The van der Waals surface area contributed by atoms with Crippen LogP contribution in [0.15, 0.2) is 0 Å². The molecular weight excluding hydrogens is 178 g/mol. The molecule has 12 heavy (non-hydrogen) atoms. The Morgan fingerprint density at radius 2 is 1.83 bits per heavy atom. The molecule has 70 valence electrons. The van der Waals surface area contributed by atoms with Gasteiger partial charge in [-0.25, -0.2) is 8.42 Å². The molecule has 0 bridgehead atoms. The molecule has 0 spiro atoms. The fraction of sp³-hybridized carbons (Fsp3) is 0.857. The van der Waals surface area contributed by atoms with Crippen molar-refractivity contribution in [2.75, 3.05) is 11.5 Å². The fourth-order valence-corrected chi connectivity index (χ4v) is 3.00. The van der Waals surface area contributed by atoms with Gasteiger partial charge < -0.3 is 5.32 Å². The van der Waals surface area contributed by atoms with Gasteiger partial charge in [0.15, 0.2) is 0 Å². The Labute approximate surface area is 72.3 Å². The van der Waals surface area contributed by atoms with E-state index in [4.69, 9.17) is 0 Å². The van der Waals surface area contributed by atoms with Crippen LogP contribution in [-0.2, 0) is 14.6 Å². The third kappa shape index (κ3) is 2.20. The van der Waals surface area contributed by atoms with Gasteiger partial charge in [0.25, 0.3) is 0 Å². The maximum atomic E-state index is 11.0. The summed E-state index contributed by atoms with van der Waals surface area (Å²) in [5.74, 6) is 0.370. The summed E-state index contributed by atoms with van der Waals surface area (Å²) >= 11 is 0. The van der Waals surface area contributed by atoms with Crippen molar-refractivity contribution in [1.29, 1.82) is 0 Å². The zero-order chi connectivity index (χ0) is 9.24. The molecule has 0 aromatic heterocycles. The molecule has 0 aliphatic carbocycles. The van der Waals surface area contributed by atoms with Gasteiger partial charge in [-0.1, -0.05) is 0 Å². The van der Waals surface area contributed by atoms with E-state index < -0.39 is 9.84 Å². The second-order valence-electron chi connectivity index (χ2n) is 3.47. The molecular formula is C7H13NO3S. The molecule has 1 fully saturated rings. The van der Waals surface area contributed by atoms with Gasteiger partial charge in [0.1, 0.15) is 9.84 Å². The van der Waals surface area contributed by atoms with Crippen molar-refractivity contribution in [2.45, 2.75) is 25.3 Å². The first-order valence-corrected chi connectivity index (χ1v) is 5.71. The molecule has 0 unspecified atom stereocenters. The third-order valence-corrected chi connectivity index (χ3v) is 3.99. The van der Waals surface area contributed by atoms with Gasteiger partial charge in [0.2, 0.25) is 6.41 Å². The predicted molar refractivity (Wildman–Crippen MR) is 45.5 cm³/mol. The Morgan fingerprint density at radius 3 is 2.25 bits per heavy atom. The highest BCUT2D eigenvalue weighted by Crippen LogP contribution is 2.22. The highest BCUT2D eigenvalue weighted by Gasteiger charge is 2.32. The molecule has 0 aromatic rings. The highest BCUT2D eigenvalue weighted by molar-refractivity contribution is 7.91. The van der Waals surface area contributed by atoms with E-state index in [1.807, 2.05) is 6.92 Å². The van der Waals surface area contributed by atoms with Gasteiger partial charge in [0.05, 0.1) is 11.5 Å². The van der Waals surface area contributed by atoms with Crippen LogP contribution in [0.2, 0.25) is 0 Å². The lowest BCUT2D eigenvalue weighted by Crippen LogP contribution is -2.47. The summed E-state index contributed by atoms with van der Waals surface area (Å²) in [4.78, 5) is 10.2. The molecule has 1 saturated heterocycles. The van der Waals surface area contributed by atoms with E-state index in [-0.39, 0.29) is 17.0 Å². The number of rotatable bonds is 2. The minimum Gasteiger partial charge on any atom is -0.353 e. The Morgan fingerprint density at radius 1 is 1.33 bits per heavy atom. The van der Waals surface area contributed by atoms with Crippen LogP contribution >= 0.6 is 0 Å². The molecule has 0 aromatic carbocycles. The number of amides is 1. The number of hydrogen-bond donors (Lipinski definition) is 1. The molecule has 1 N–H and O–H groups in total. The summed E-state index contributed by atoms with van der Waals surface area (Å²) in [6, 6.07) is 0. The van der Waals surface area contributed by atoms with Crippen LogP contribution in [0.25, 0.3) is 0 Å². The second kappa shape index (κ2) is 3.05. The smallest absolute Gasteiger partial charge is 0.207 e. The monoisotopic (exact) mass is 191 g/mol. The topological polar surface area (TPSA) is 63.2 Å². The Hall–Kier alpha value is -0.580. The maximum Gasteiger partial charge on any atom is 0.207 e. The minimum atomic E-state index is -2.83. The third-order valence-electron chi connectivity index (χ3n) is 2.34. The van der Waals surface area contributed by atoms with Crippen LogP contribution < -0.4 is 5.32 Å². The van der Waals surface area contributed by atoms with Crippen molar-refractivity contribution < 1.29 is 13.2 Å². The predicted octanol–water partition coefficient (Wildman–Crippen LogP) is -0.300. The summed E-state index contributed by atoms with van der Waals surface area (Å²) in [6.45, 7) is 1.87. The summed E-state index contributed by atoms with van der Waals surface area (Å²) < 4.78 is 22.1. The largest absolute Gasteiger partial charge is 0.353 e. The lowest BCUT2D eigenvalue weighted by Gasteiger charge is -2.32. The summed E-state index contributed by atoms with van der Waals surface area (Å²) in [5, 5.41) is 2.65. The van der Waals surface area contributed by atoms with Crippen LogP contribution in [0.3, 0.4) is 0 Å². The Bertz CT molecular complexity index is 256. The van der Waals surface area contributed by atoms with Crippen LogP contribution in [-0.4, -0.2) is 31.9 Å². The number of carbonyl (C=O) groups excluding carboxylic acids is 1. The lowest BCUT2D eigenvalue weighted by atomic mass is 9.95. The van der Waals surface area contributed by atoms with Gasteiger partial charge in [-0.2, -0.15) is 0 Å². The first-order valence-electron chi connectivity index (χ1n) is 3.89. The van der Waals surface area contributed by atoms with Crippen molar-refractivity contribution in [1.82, 2.24) is 5.32 Å². The molecule has 0 radical (unpaired) electrons. The second-order valence-corrected chi connectivity index (χ2v) is 5.78. The van der Waals surface area contributed by atoms with Crippen LogP contribution in [0, 0.1) is 0 Å². The summed E-state index contributed by atoms with van der Waals surface area (Å²) in [7, 11) is -2.83. The summed E-state index contributed by atoms with van der Waals surface area (Å²) in [6.07, 6.45) is 1.68. The van der Waals surface area contributed by atoms with Gasteiger partial charge >= 0.3 is 0 Å². The zero-order valence-electron chi connectivity index (χ0n) is 7.04. The zero-order valence-corrected chi connectivity index (χ0v) is 7.86. The van der Waals surface area contributed by atoms with Crippen LogP contribution in [0.5, 0.6) is 0 Å². The molecule has 5 heteroatoms. The van der Waals surface area contributed by atoms with E-state index in [0.29, 0.717) is 19.3 Å². The standard InChI is InChI=1S/C7H13NO3S/c1-7(8-6-9)2-4-12(10,11)5-3-7/h6H,2-5H2,1H3,(H,8,9). The molecule has 0 atom stereocenters. The van der Waals surface area contributed by atoms with Gasteiger partial charge in [-0.05, 0) is 19.8 Å². The normalized spacial score (nSPS) is 26.1. The number of carbonyl (C=O) groups is 1. The van der Waals surface area contributed by atoms with Gasteiger partial charge in [0, 0.05) is 5.54 Å². The number of sulfone groups is 1. The van der Waals surface area contributed by atoms with Gasteiger partial charge in [-0.3, -0.25) is 4.79 Å². The van der Waals surface area contributed by atoms with Gasteiger partial charge in [-0.15, -0.1) is 0 Å². The molecule has 1 amide bonds. The quantitative estimate of drug-likeness (QED) is 0.609. The highest BCUT2D eigenvalue weighted by atomic mass is 32.2. The van der Waals surface area contributed by atoms with Crippen molar-refractivity contribution in [3.63, 3.8) is 0 Å². The number of hydrogen-bond acceptors (Lipinski definition) is 3. The van der Waals surface area contributed by atoms with Crippen LogP contribution in [0.1, 0.15) is 19.8 Å². The Balaban J connectivity index is 2.61. The Kier molecular flexibility index (Phi) is 2.41. The molecule has 1 rings (SSSR count). The van der Waals surface area contributed by atoms with Crippen molar-refractivity contribution in [2.24, 2.45) is 0 Å². The maximum absolute atomic E-state index is 11.0. The molecule has 1 aliphatic rings. The average Bonchev–Trinajstić information content (AvgIpc) is 1.98. The molecule has 1 aliphatic heterocycles. The van der Waals surface area contributed by atoms with Crippen LogP contribution in [0.4, 0.5) is 0 Å². The lowest BCUT2D eigenvalue weighted by molar-refractivity contribution is -0.111. The van der Waals surface area contributed by atoms with Crippen molar-refractivity contribution in [3.05, 3.63) is 0 Å². The average molecular weight is 191 g/mol. The minimum absolute atomic E-state index is 0.185. The SMILES string of the molecule is CC1(NC=O)CCS(=O)(=O)CC1.